The van der Waals surface area contributed by atoms with Crippen molar-refractivity contribution < 1.29 is 4.79 Å². The van der Waals surface area contributed by atoms with E-state index < -0.39 is 5.41 Å². The number of nitrogens with zero attached hydrogens (tertiary/aromatic N) is 1. The fourth-order valence-electron chi connectivity index (χ4n) is 3.72. The Kier molecular flexibility index (Phi) is 6.51. The van der Waals surface area contributed by atoms with Crippen molar-refractivity contribution in [2.24, 2.45) is 0 Å². The second kappa shape index (κ2) is 9.04. The topological polar surface area (TPSA) is 54.0 Å². The van der Waals surface area contributed by atoms with Crippen molar-refractivity contribution in [1.82, 2.24) is 10.3 Å². The van der Waals surface area contributed by atoms with Crippen LogP contribution in [0.15, 0.2) is 48.7 Å². The van der Waals surface area contributed by atoms with Gasteiger partial charge in [-0.3, -0.25) is 4.79 Å². The van der Waals surface area contributed by atoms with Crippen LogP contribution in [0.25, 0.3) is 0 Å². The minimum absolute atomic E-state index is 0.148. The van der Waals surface area contributed by atoms with Crippen molar-refractivity contribution in [2.75, 3.05) is 18.4 Å². The minimum atomic E-state index is -0.406. The quantitative estimate of drug-likeness (QED) is 0.669. The number of hydrogen-bond acceptors (Lipinski definition) is 3. The lowest BCUT2D eigenvalue weighted by Crippen LogP contribution is -2.43. The number of benzene rings is 1. The SMILES string of the molecule is O=C(NCCCCNc1ccccn1)C1(c2cccc(Cl)c2)CCCC1. The highest BCUT2D eigenvalue weighted by molar-refractivity contribution is 6.30. The van der Waals surface area contributed by atoms with Gasteiger partial charge in [0.25, 0.3) is 0 Å². The first-order chi connectivity index (χ1) is 12.7. The third kappa shape index (κ3) is 4.55. The Labute approximate surface area is 160 Å². The molecule has 1 heterocycles. The third-order valence-electron chi connectivity index (χ3n) is 5.13. The van der Waals surface area contributed by atoms with E-state index in [-0.39, 0.29) is 5.91 Å². The van der Waals surface area contributed by atoms with E-state index in [2.05, 4.69) is 15.6 Å². The molecule has 0 spiro atoms. The van der Waals surface area contributed by atoms with Gasteiger partial charge in [0, 0.05) is 24.3 Å². The monoisotopic (exact) mass is 371 g/mol. The molecule has 2 aromatic rings. The van der Waals surface area contributed by atoms with E-state index in [4.69, 9.17) is 11.6 Å². The van der Waals surface area contributed by atoms with Crippen molar-refractivity contribution in [3.05, 3.63) is 59.2 Å². The zero-order valence-electron chi connectivity index (χ0n) is 15.0. The predicted molar refractivity (Wildman–Crippen MR) is 107 cm³/mol. The molecule has 0 unspecified atom stereocenters. The van der Waals surface area contributed by atoms with Crippen LogP contribution in [0, 0.1) is 0 Å². The van der Waals surface area contributed by atoms with Crippen molar-refractivity contribution in [1.29, 1.82) is 0 Å². The average molecular weight is 372 g/mol. The molecular formula is C21H26ClN3O. The van der Waals surface area contributed by atoms with Gasteiger partial charge in [-0.15, -0.1) is 0 Å². The molecule has 138 valence electrons. The Bertz CT molecular complexity index is 714. The second-order valence-electron chi connectivity index (χ2n) is 6.90. The number of rotatable bonds is 8. The van der Waals surface area contributed by atoms with Gasteiger partial charge in [0.05, 0.1) is 5.41 Å². The summed E-state index contributed by atoms with van der Waals surface area (Å²) in [4.78, 5) is 17.2. The normalized spacial score (nSPS) is 15.6. The van der Waals surface area contributed by atoms with Gasteiger partial charge in [-0.05, 0) is 55.5 Å². The summed E-state index contributed by atoms with van der Waals surface area (Å²) in [5, 5.41) is 7.14. The van der Waals surface area contributed by atoms with Crippen molar-refractivity contribution in [2.45, 2.75) is 43.9 Å². The molecule has 1 aliphatic carbocycles. The fraction of sp³-hybridized carbons (Fsp3) is 0.429. The summed E-state index contributed by atoms with van der Waals surface area (Å²) in [5.74, 6) is 1.04. The number of amides is 1. The predicted octanol–water partition coefficient (Wildman–Crippen LogP) is 4.56. The number of unbranched alkanes of at least 4 members (excludes halogenated alkanes) is 1. The number of carbonyl (C=O) groups excluding carboxylic acids is 1. The molecule has 26 heavy (non-hydrogen) atoms. The molecule has 0 aliphatic heterocycles. The van der Waals surface area contributed by atoms with Crippen LogP contribution in [-0.4, -0.2) is 24.0 Å². The maximum absolute atomic E-state index is 13.0. The molecule has 5 heteroatoms. The first kappa shape index (κ1) is 18.7. The van der Waals surface area contributed by atoms with Gasteiger partial charge >= 0.3 is 0 Å². The van der Waals surface area contributed by atoms with Crippen LogP contribution in [0.3, 0.4) is 0 Å². The summed E-state index contributed by atoms with van der Waals surface area (Å²) in [6.45, 7) is 1.55. The molecule has 0 atom stereocenters. The molecule has 1 amide bonds. The zero-order valence-corrected chi connectivity index (χ0v) is 15.8. The molecule has 4 nitrogen and oxygen atoms in total. The Balaban J connectivity index is 1.47. The highest BCUT2D eigenvalue weighted by Gasteiger charge is 2.42. The van der Waals surface area contributed by atoms with Gasteiger partial charge in [-0.2, -0.15) is 0 Å². The summed E-state index contributed by atoms with van der Waals surface area (Å²) in [6.07, 6.45) is 7.69. The molecule has 1 aliphatic rings. The number of nitrogens with one attached hydrogen (secondary N) is 2. The molecule has 1 fully saturated rings. The molecule has 1 aromatic carbocycles. The lowest BCUT2D eigenvalue weighted by atomic mass is 9.78. The van der Waals surface area contributed by atoms with Crippen LogP contribution in [0.1, 0.15) is 44.1 Å². The summed E-state index contributed by atoms with van der Waals surface area (Å²) < 4.78 is 0. The van der Waals surface area contributed by atoms with E-state index >= 15 is 0 Å². The third-order valence-corrected chi connectivity index (χ3v) is 5.36. The summed E-state index contributed by atoms with van der Waals surface area (Å²) >= 11 is 6.16. The molecule has 0 radical (unpaired) electrons. The van der Waals surface area contributed by atoms with Crippen LogP contribution in [-0.2, 0) is 10.2 Å². The maximum Gasteiger partial charge on any atom is 0.230 e. The second-order valence-corrected chi connectivity index (χ2v) is 7.34. The zero-order chi connectivity index (χ0) is 18.2. The van der Waals surface area contributed by atoms with E-state index in [1.807, 2.05) is 42.5 Å². The van der Waals surface area contributed by atoms with E-state index in [0.717, 1.165) is 56.5 Å². The van der Waals surface area contributed by atoms with Crippen LogP contribution in [0.5, 0.6) is 0 Å². The van der Waals surface area contributed by atoms with Gasteiger partial charge in [-0.1, -0.05) is 42.6 Å². The minimum Gasteiger partial charge on any atom is -0.370 e. The lowest BCUT2D eigenvalue weighted by molar-refractivity contribution is -0.126. The summed E-state index contributed by atoms with van der Waals surface area (Å²) in [6, 6.07) is 13.6. The van der Waals surface area contributed by atoms with Gasteiger partial charge in [0.15, 0.2) is 0 Å². The molecule has 2 N–H and O–H groups in total. The van der Waals surface area contributed by atoms with E-state index in [9.17, 15) is 4.79 Å². The summed E-state index contributed by atoms with van der Waals surface area (Å²) in [5.41, 5.74) is 0.647. The molecule has 0 bridgehead atoms. The number of pyridine rings is 1. The average Bonchev–Trinajstić information content (AvgIpc) is 3.16. The smallest absolute Gasteiger partial charge is 0.230 e. The van der Waals surface area contributed by atoms with Crippen LogP contribution in [0.2, 0.25) is 5.02 Å². The summed E-state index contributed by atoms with van der Waals surface area (Å²) in [7, 11) is 0. The van der Waals surface area contributed by atoms with Crippen LogP contribution in [0.4, 0.5) is 5.82 Å². The first-order valence-electron chi connectivity index (χ1n) is 9.40. The van der Waals surface area contributed by atoms with E-state index in [1.54, 1.807) is 6.20 Å². The van der Waals surface area contributed by atoms with Gasteiger partial charge in [0.1, 0.15) is 5.82 Å². The lowest BCUT2D eigenvalue weighted by Gasteiger charge is -2.28. The van der Waals surface area contributed by atoms with Crippen molar-refractivity contribution in [3.63, 3.8) is 0 Å². The number of hydrogen-bond donors (Lipinski definition) is 2. The molecule has 3 rings (SSSR count). The Morgan fingerprint density at radius 3 is 2.62 bits per heavy atom. The number of halogens is 1. The number of anilines is 1. The highest BCUT2D eigenvalue weighted by atomic mass is 35.5. The number of carbonyl (C=O) groups is 1. The van der Waals surface area contributed by atoms with Crippen molar-refractivity contribution in [3.8, 4) is 0 Å². The Hall–Kier alpha value is -2.07. The van der Waals surface area contributed by atoms with Gasteiger partial charge in [-0.25, -0.2) is 4.98 Å². The molecule has 0 saturated heterocycles. The Morgan fingerprint density at radius 1 is 1.08 bits per heavy atom. The molecule has 1 aromatic heterocycles. The van der Waals surface area contributed by atoms with Crippen LogP contribution >= 0.6 is 11.6 Å². The standard InChI is InChI=1S/C21H26ClN3O/c22-18-9-7-8-17(16-18)21(11-2-3-12-21)20(26)25-15-6-5-14-24-19-10-1-4-13-23-19/h1,4,7-10,13,16H,2-3,5-6,11-12,14-15H2,(H,23,24)(H,25,26). The maximum atomic E-state index is 13.0. The highest BCUT2D eigenvalue weighted by Crippen LogP contribution is 2.42. The molecular weight excluding hydrogens is 346 g/mol. The molecule has 1 saturated carbocycles. The van der Waals surface area contributed by atoms with E-state index in [1.165, 1.54) is 0 Å². The largest absolute Gasteiger partial charge is 0.370 e. The Morgan fingerprint density at radius 2 is 1.88 bits per heavy atom. The van der Waals surface area contributed by atoms with Crippen LogP contribution < -0.4 is 10.6 Å². The van der Waals surface area contributed by atoms with E-state index in [0.29, 0.717) is 11.6 Å². The van der Waals surface area contributed by atoms with Gasteiger partial charge in [0.2, 0.25) is 5.91 Å². The first-order valence-corrected chi connectivity index (χ1v) is 9.78. The fourth-order valence-corrected chi connectivity index (χ4v) is 3.91. The van der Waals surface area contributed by atoms with Crippen molar-refractivity contribution >= 4 is 23.3 Å². The van der Waals surface area contributed by atoms with Gasteiger partial charge < -0.3 is 10.6 Å². The number of aromatic nitrogens is 1.